The van der Waals surface area contributed by atoms with Crippen LogP contribution in [0.2, 0.25) is 5.02 Å². The third kappa shape index (κ3) is 5.32. The standard InChI is InChI=1S/C25H26ClN7O4/c1-32(2)25(36)17-11-19(33-21(17)22(27)30-13-31-33)15-10-18(24(37-3)29-12-15)23(35)28-9-8-20(34)14-4-6-16(26)7-5-14/h4-7,10-13,20,34H,8-9H2,1-3H3,(H,28,35)(H2,27,30,31)/t20-/m0/s1. The Hall–Kier alpha value is -4.22. The van der Waals surface area contributed by atoms with Gasteiger partial charge in [-0.25, -0.2) is 14.5 Å². The number of nitrogens with one attached hydrogen (secondary N) is 1. The molecule has 1 atom stereocenters. The summed E-state index contributed by atoms with van der Waals surface area (Å²) in [5, 5.41) is 18.0. The molecule has 1 aromatic carbocycles. The van der Waals surface area contributed by atoms with Crippen molar-refractivity contribution in [2.45, 2.75) is 12.5 Å². The van der Waals surface area contributed by atoms with Crippen molar-refractivity contribution in [3.63, 3.8) is 0 Å². The lowest BCUT2D eigenvalue weighted by Gasteiger charge is -2.13. The van der Waals surface area contributed by atoms with Gasteiger partial charge >= 0.3 is 0 Å². The van der Waals surface area contributed by atoms with Crippen LogP contribution in [0.3, 0.4) is 0 Å². The van der Waals surface area contributed by atoms with Crippen LogP contribution in [0.15, 0.2) is 48.9 Å². The molecular formula is C25H26ClN7O4. The van der Waals surface area contributed by atoms with E-state index in [1.165, 1.54) is 29.0 Å². The van der Waals surface area contributed by atoms with Crippen molar-refractivity contribution in [1.82, 2.24) is 29.8 Å². The fraction of sp³-hybridized carbons (Fsp3) is 0.240. The average Bonchev–Trinajstić information content (AvgIpc) is 3.29. The minimum Gasteiger partial charge on any atom is -0.480 e. The Bertz CT molecular complexity index is 1450. The molecule has 3 aromatic heterocycles. The average molecular weight is 524 g/mol. The number of aromatic nitrogens is 4. The molecule has 0 spiro atoms. The highest BCUT2D eigenvalue weighted by atomic mass is 35.5. The second kappa shape index (κ2) is 10.8. The first-order valence-corrected chi connectivity index (χ1v) is 11.7. The number of aliphatic hydroxyl groups excluding tert-OH is 1. The Kier molecular flexibility index (Phi) is 7.55. The summed E-state index contributed by atoms with van der Waals surface area (Å²) in [6, 6.07) is 10.1. The summed E-state index contributed by atoms with van der Waals surface area (Å²) in [6.45, 7) is 0.204. The van der Waals surface area contributed by atoms with E-state index >= 15 is 0 Å². The zero-order valence-corrected chi connectivity index (χ0v) is 21.2. The molecule has 11 nitrogen and oxygen atoms in total. The number of hydrogen-bond donors (Lipinski definition) is 3. The first-order chi connectivity index (χ1) is 17.7. The lowest BCUT2D eigenvalue weighted by Crippen LogP contribution is -2.26. The van der Waals surface area contributed by atoms with E-state index in [4.69, 9.17) is 22.1 Å². The number of pyridine rings is 1. The fourth-order valence-corrected chi connectivity index (χ4v) is 3.99. The van der Waals surface area contributed by atoms with Crippen molar-refractivity contribution in [3.8, 4) is 17.1 Å². The molecule has 2 amide bonds. The molecule has 192 valence electrons. The lowest BCUT2D eigenvalue weighted by molar-refractivity contribution is 0.0829. The second-order valence-corrected chi connectivity index (χ2v) is 8.88. The number of halogens is 1. The first kappa shape index (κ1) is 25.9. The molecule has 0 radical (unpaired) electrons. The molecule has 4 aromatic rings. The number of carbonyl (C=O) groups excluding carboxylic acids is 2. The highest BCUT2D eigenvalue weighted by molar-refractivity contribution is 6.30. The van der Waals surface area contributed by atoms with Crippen LogP contribution in [-0.4, -0.2) is 69.2 Å². The van der Waals surface area contributed by atoms with Crippen molar-refractivity contribution >= 4 is 34.7 Å². The minimum atomic E-state index is -0.770. The molecule has 0 aliphatic rings. The van der Waals surface area contributed by atoms with Gasteiger partial charge in [-0.15, -0.1) is 0 Å². The smallest absolute Gasteiger partial charge is 0.256 e. The number of fused-ring (bicyclic) bond motifs is 1. The van der Waals surface area contributed by atoms with Gasteiger partial charge in [0.1, 0.15) is 17.4 Å². The number of nitrogen functional groups attached to an aromatic ring is 1. The molecule has 3 heterocycles. The molecule has 12 heteroatoms. The first-order valence-electron chi connectivity index (χ1n) is 11.3. The molecule has 0 unspecified atom stereocenters. The van der Waals surface area contributed by atoms with E-state index in [0.717, 1.165) is 0 Å². The van der Waals surface area contributed by atoms with Crippen LogP contribution in [0, 0.1) is 0 Å². The van der Waals surface area contributed by atoms with E-state index in [9.17, 15) is 14.7 Å². The summed E-state index contributed by atoms with van der Waals surface area (Å²) < 4.78 is 6.79. The molecule has 4 rings (SSSR count). The third-order valence-corrected chi connectivity index (χ3v) is 6.01. The number of ether oxygens (including phenoxy) is 1. The Labute approximate surface area is 217 Å². The van der Waals surface area contributed by atoms with Gasteiger partial charge in [0, 0.05) is 37.4 Å². The Morgan fingerprint density at radius 1 is 1.19 bits per heavy atom. The van der Waals surface area contributed by atoms with Gasteiger partial charge in [-0.05, 0) is 36.2 Å². The number of benzene rings is 1. The summed E-state index contributed by atoms with van der Waals surface area (Å²) in [5.41, 5.74) is 8.63. The van der Waals surface area contributed by atoms with Crippen molar-refractivity contribution in [2.24, 2.45) is 0 Å². The molecule has 0 aliphatic carbocycles. The van der Waals surface area contributed by atoms with Gasteiger partial charge in [-0.1, -0.05) is 23.7 Å². The van der Waals surface area contributed by atoms with Crippen LogP contribution in [-0.2, 0) is 0 Å². The van der Waals surface area contributed by atoms with E-state index < -0.39 is 12.0 Å². The zero-order valence-electron chi connectivity index (χ0n) is 20.5. The number of methoxy groups -OCH3 is 1. The quantitative estimate of drug-likeness (QED) is 0.319. The molecule has 37 heavy (non-hydrogen) atoms. The normalized spacial score (nSPS) is 11.8. The van der Waals surface area contributed by atoms with Crippen LogP contribution < -0.4 is 15.8 Å². The third-order valence-electron chi connectivity index (χ3n) is 5.76. The number of hydrogen-bond acceptors (Lipinski definition) is 8. The number of rotatable bonds is 8. The van der Waals surface area contributed by atoms with Crippen LogP contribution in [0.1, 0.15) is 38.8 Å². The number of nitrogens with zero attached hydrogens (tertiary/aromatic N) is 5. The van der Waals surface area contributed by atoms with E-state index in [-0.39, 0.29) is 29.7 Å². The maximum Gasteiger partial charge on any atom is 0.256 e. The van der Waals surface area contributed by atoms with E-state index in [2.05, 4.69) is 20.4 Å². The molecule has 0 aliphatic heterocycles. The zero-order chi connectivity index (χ0) is 26.7. The molecule has 4 N–H and O–H groups in total. The summed E-state index contributed by atoms with van der Waals surface area (Å²) in [6.07, 6.45) is 2.32. The lowest BCUT2D eigenvalue weighted by atomic mass is 10.1. The van der Waals surface area contributed by atoms with Crippen LogP contribution in [0.4, 0.5) is 5.82 Å². The predicted octanol–water partition coefficient (Wildman–Crippen LogP) is 2.59. The van der Waals surface area contributed by atoms with Gasteiger partial charge in [0.05, 0.1) is 24.5 Å². The minimum absolute atomic E-state index is 0.124. The number of amides is 2. The maximum atomic E-state index is 13.0. The number of anilines is 1. The molecular weight excluding hydrogens is 498 g/mol. The number of aliphatic hydroxyl groups is 1. The van der Waals surface area contributed by atoms with Crippen molar-refractivity contribution < 1.29 is 19.4 Å². The monoisotopic (exact) mass is 523 g/mol. The Morgan fingerprint density at radius 3 is 2.59 bits per heavy atom. The topological polar surface area (TPSA) is 148 Å². The van der Waals surface area contributed by atoms with Crippen molar-refractivity contribution in [1.29, 1.82) is 0 Å². The summed E-state index contributed by atoms with van der Waals surface area (Å²) in [7, 11) is 4.68. The van der Waals surface area contributed by atoms with E-state index in [1.807, 2.05) is 0 Å². The maximum absolute atomic E-state index is 13.0. The number of carbonyl (C=O) groups is 2. The van der Waals surface area contributed by atoms with Gasteiger partial charge in [0.2, 0.25) is 5.88 Å². The Balaban J connectivity index is 1.61. The van der Waals surface area contributed by atoms with E-state index in [1.54, 1.807) is 50.5 Å². The van der Waals surface area contributed by atoms with Gasteiger partial charge in [0.15, 0.2) is 5.82 Å². The van der Waals surface area contributed by atoms with Gasteiger partial charge in [0.25, 0.3) is 11.8 Å². The highest BCUT2D eigenvalue weighted by Gasteiger charge is 2.23. The summed E-state index contributed by atoms with van der Waals surface area (Å²) >= 11 is 5.90. The van der Waals surface area contributed by atoms with Crippen molar-refractivity contribution in [3.05, 3.63) is 70.6 Å². The van der Waals surface area contributed by atoms with E-state index in [0.29, 0.717) is 39.3 Å². The van der Waals surface area contributed by atoms with Gasteiger partial charge < -0.3 is 25.8 Å². The highest BCUT2D eigenvalue weighted by Crippen LogP contribution is 2.30. The second-order valence-electron chi connectivity index (χ2n) is 8.44. The molecule has 0 saturated heterocycles. The Morgan fingerprint density at radius 2 is 1.92 bits per heavy atom. The van der Waals surface area contributed by atoms with Crippen LogP contribution in [0.25, 0.3) is 16.8 Å². The van der Waals surface area contributed by atoms with Crippen molar-refractivity contribution in [2.75, 3.05) is 33.5 Å². The van der Waals surface area contributed by atoms with Gasteiger partial charge in [-0.3, -0.25) is 9.59 Å². The van der Waals surface area contributed by atoms with Gasteiger partial charge in [-0.2, -0.15) is 5.10 Å². The molecule has 0 saturated carbocycles. The SMILES string of the molecule is COc1ncc(-c2cc(C(=O)N(C)C)c3c(N)ncnn23)cc1C(=O)NCC[C@H](O)c1ccc(Cl)cc1. The summed E-state index contributed by atoms with van der Waals surface area (Å²) in [5.74, 6) is -0.442. The largest absolute Gasteiger partial charge is 0.480 e. The molecule has 0 bridgehead atoms. The number of nitrogens with two attached hydrogens (primary N) is 1. The van der Waals surface area contributed by atoms with Crippen LogP contribution in [0.5, 0.6) is 5.88 Å². The molecule has 0 fully saturated rings. The summed E-state index contributed by atoms with van der Waals surface area (Å²) in [4.78, 5) is 35.6. The van der Waals surface area contributed by atoms with Crippen LogP contribution >= 0.6 is 11.6 Å². The predicted molar refractivity (Wildman–Crippen MR) is 139 cm³/mol. The fourth-order valence-electron chi connectivity index (χ4n) is 3.86.